The first-order chi connectivity index (χ1) is 12.4. The van der Waals surface area contributed by atoms with E-state index in [1.165, 1.54) is 0 Å². The van der Waals surface area contributed by atoms with E-state index < -0.39 is 24.9 Å². The summed E-state index contributed by atoms with van der Waals surface area (Å²) in [4.78, 5) is 16.2. The number of carbonyl (C=O) groups excluding carboxylic acids is 1. The second-order valence-corrected chi connectivity index (χ2v) is 7.49. The van der Waals surface area contributed by atoms with Crippen LogP contribution in [0, 0.1) is 11.8 Å². The summed E-state index contributed by atoms with van der Waals surface area (Å²) in [7, 11) is -1.03. The zero-order valence-corrected chi connectivity index (χ0v) is 13.9. The molecule has 2 N–H and O–H groups in total. The number of hydrogen-bond acceptors (Lipinski definition) is 4. The van der Waals surface area contributed by atoms with Crippen molar-refractivity contribution in [3.8, 4) is 5.75 Å². The highest BCUT2D eigenvalue weighted by atomic mass is 19.3. The molecule has 4 aliphatic rings. The van der Waals surface area contributed by atoms with E-state index in [0.717, 1.165) is 28.8 Å². The molecule has 0 radical (unpaired) electrons. The predicted molar refractivity (Wildman–Crippen MR) is 91.3 cm³/mol. The lowest BCUT2D eigenvalue weighted by Crippen LogP contribution is -2.46. The highest BCUT2D eigenvalue weighted by Gasteiger charge is 2.61. The maximum Gasteiger partial charge on any atom is 0.552 e. The molecule has 0 bridgehead atoms. The molecule has 8 heteroatoms. The third kappa shape index (κ3) is 2.47. The van der Waals surface area contributed by atoms with E-state index in [1.807, 2.05) is 12.2 Å². The van der Waals surface area contributed by atoms with Crippen LogP contribution < -0.4 is 9.97 Å². The van der Waals surface area contributed by atoms with Crippen molar-refractivity contribution in [2.75, 3.05) is 0 Å². The van der Waals surface area contributed by atoms with Crippen molar-refractivity contribution in [2.45, 2.75) is 37.6 Å². The van der Waals surface area contributed by atoms with Gasteiger partial charge in [0.1, 0.15) is 11.7 Å². The van der Waals surface area contributed by atoms with Crippen LogP contribution in [0.15, 0.2) is 18.2 Å². The number of fused-ring (bicyclic) bond motifs is 3. The molecular weight excluding hydrogens is 341 g/mol. The van der Waals surface area contributed by atoms with Crippen molar-refractivity contribution >= 4 is 24.7 Å². The zero-order valence-electron chi connectivity index (χ0n) is 13.9. The van der Waals surface area contributed by atoms with Crippen LogP contribution in [0.2, 0.25) is 0 Å². The number of rotatable bonds is 3. The van der Waals surface area contributed by atoms with E-state index >= 15 is 0 Å². The summed E-state index contributed by atoms with van der Waals surface area (Å²) in [6.45, 7) is 0. The largest absolute Gasteiger partial charge is 0.552 e. The van der Waals surface area contributed by atoms with Gasteiger partial charge in [-0.15, -0.1) is 0 Å². The SMILES string of the molecule is O=C(NC1CC(C2=CB(O)Oc3cnc4c(c32)C=CC4)C1)C1CC1(F)F. The number of aromatic nitrogens is 1. The second-order valence-electron chi connectivity index (χ2n) is 7.49. The molecule has 1 aliphatic heterocycles. The van der Waals surface area contributed by atoms with E-state index in [0.29, 0.717) is 18.6 Å². The van der Waals surface area contributed by atoms with Gasteiger partial charge in [0.2, 0.25) is 5.91 Å². The molecule has 0 spiro atoms. The van der Waals surface area contributed by atoms with Gasteiger partial charge in [0, 0.05) is 30.0 Å². The van der Waals surface area contributed by atoms with Gasteiger partial charge in [-0.3, -0.25) is 9.78 Å². The van der Waals surface area contributed by atoms with Crippen LogP contribution in [0.25, 0.3) is 11.6 Å². The normalized spacial score (nSPS) is 29.9. The number of nitrogens with zero attached hydrogens (tertiary/aromatic N) is 1. The molecular formula is C18H17BF2N2O3. The Balaban J connectivity index is 1.32. The van der Waals surface area contributed by atoms with Crippen LogP contribution in [0.4, 0.5) is 8.78 Å². The molecule has 2 saturated carbocycles. The van der Waals surface area contributed by atoms with Crippen molar-refractivity contribution in [3.63, 3.8) is 0 Å². The number of nitrogens with one attached hydrogen (secondary N) is 1. The van der Waals surface area contributed by atoms with E-state index in [4.69, 9.17) is 4.65 Å². The van der Waals surface area contributed by atoms with Gasteiger partial charge in [-0.2, -0.15) is 0 Å². The minimum Gasteiger partial charge on any atom is -0.531 e. The molecule has 2 fully saturated rings. The number of hydrogen-bond donors (Lipinski definition) is 2. The van der Waals surface area contributed by atoms with E-state index in [9.17, 15) is 18.6 Å². The molecule has 1 aromatic rings. The third-order valence-corrected chi connectivity index (χ3v) is 5.69. The minimum atomic E-state index is -2.83. The van der Waals surface area contributed by atoms with Crippen molar-refractivity contribution in [3.05, 3.63) is 35.1 Å². The maximum absolute atomic E-state index is 13.0. The van der Waals surface area contributed by atoms with Crippen molar-refractivity contribution < 1.29 is 23.3 Å². The molecule has 1 atom stereocenters. The summed E-state index contributed by atoms with van der Waals surface area (Å²) < 4.78 is 31.5. The number of allylic oxidation sites excluding steroid dienone is 2. The lowest BCUT2D eigenvalue weighted by Gasteiger charge is -2.39. The molecule has 0 aromatic carbocycles. The average molecular weight is 358 g/mol. The third-order valence-electron chi connectivity index (χ3n) is 5.69. The van der Waals surface area contributed by atoms with E-state index in [2.05, 4.69) is 10.3 Å². The van der Waals surface area contributed by atoms with Gasteiger partial charge < -0.3 is 15.0 Å². The second kappa shape index (κ2) is 5.39. The molecule has 5 rings (SSSR count). The van der Waals surface area contributed by atoms with Crippen molar-refractivity contribution in [1.29, 1.82) is 0 Å². The van der Waals surface area contributed by atoms with Crippen LogP contribution in [0.5, 0.6) is 5.75 Å². The van der Waals surface area contributed by atoms with Crippen LogP contribution in [0.1, 0.15) is 36.1 Å². The van der Waals surface area contributed by atoms with Gasteiger partial charge in [0.25, 0.3) is 5.92 Å². The summed E-state index contributed by atoms with van der Waals surface area (Å²) >= 11 is 0. The van der Waals surface area contributed by atoms with Gasteiger partial charge in [-0.1, -0.05) is 12.2 Å². The summed E-state index contributed by atoms with van der Waals surface area (Å²) in [5, 5.41) is 12.7. The molecule has 5 nitrogen and oxygen atoms in total. The number of alkyl halides is 2. The number of carbonyl (C=O) groups is 1. The predicted octanol–water partition coefficient (Wildman–Crippen LogP) is 2.00. The Morgan fingerprint density at radius 3 is 2.92 bits per heavy atom. The quantitative estimate of drug-likeness (QED) is 0.811. The molecule has 2 heterocycles. The van der Waals surface area contributed by atoms with Gasteiger partial charge in [0.15, 0.2) is 0 Å². The lowest BCUT2D eigenvalue weighted by atomic mass is 9.68. The molecule has 1 aromatic heterocycles. The Kier molecular flexibility index (Phi) is 3.32. The lowest BCUT2D eigenvalue weighted by molar-refractivity contribution is -0.125. The summed E-state index contributed by atoms with van der Waals surface area (Å²) in [6.07, 6.45) is 7.47. The Morgan fingerprint density at radius 2 is 2.19 bits per heavy atom. The Labute approximate surface area is 149 Å². The fourth-order valence-corrected chi connectivity index (χ4v) is 4.10. The molecule has 26 heavy (non-hydrogen) atoms. The number of halogens is 2. The fourth-order valence-electron chi connectivity index (χ4n) is 4.10. The first kappa shape index (κ1) is 16.0. The topological polar surface area (TPSA) is 71.5 Å². The van der Waals surface area contributed by atoms with E-state index in [-0.39, 0.29) is 18.4 Å². The van der Waals surface area contributed by atoms with Gasteiger partial charge in [-0.25, -0.2) is 8.78 Å². The maximum atomic E-state index is 13.0. The van der Waals surface area contributed by atoms with Crippen molar-refractivity contribution in [2.24, 2.45) is 11.8 Å². The Morgan fingerprint density at radius 1 is 1.42 bits per heavy atom. The zero-order chi connectivity index (χ0) is 18.1. The molecule has 134 valence electrons. The Bertz CT molecular complexity index is 864. The fraction of sp³-hybridized carbons (Fsp3) is 0.444. The summed E-state index contributed by atoms with van der Waals surface area (Å²) in [6, 6.07) is -0.0985. The molecule has 1 unspecified atom stereocenters. The van der Waals surface area contributed by atoms with E-state index in [1.54, 1.807) is 12.2 Å². The number of amides is 1. The van der Waals surface area contributed by atoms with Crippen LogP contribution in [-0.4, -0.2) is 35.0 Å². The highest BCUT2D eigenvalue weighted by Crippen LogP contribution is 2.50. The van der Waals surface area contributed by atoms with Crippen LogP contribution >= 0.6 is 0 Å². The highest BCUT2D eigenvalue weighted by molar-refractivity contribution is 6.52. The standard InChI is InChI=1S/C18H17BF2N2O3/c20-18(21)6-13(18)17(24)23-10-4-9(5-10)12-7-19(25)26-15-8-22-14-3-1-2-11(14)16(12)15/h1-2,7-10,13,25H,3-6H2,(H,23,24). The van der Waals surface area contributed by atoms with Crippen molar-refractivity contribution in [1.82, 2.24) is 10.3 Å². The summed E-state index contributed by atoms with van der Waals surface area (Å²) in [5.41, 5.74) is 3.95. The average Bonchev–Trinajstić information content (AvgIpc) is 2.98. The molecule has 0 saturated heterocycles. The summed E-state index contributed by atoms with van der Waals surface area (Å²) in [5.74, 6) is -2.13. The monoisotopic (exact) mass is 358 g/mol. The van der Waals surface area contributed by atoms with Gasteiger partial charge in [0.05, 0.1) is 11.9 Å². The first-order valence-corrected chi connectivity index (χ1v) is 8.86. The Hall–Kier alpha value is -2.22. The van der Waals surface area contributed by atoms with Gasteiger partial charge >= 0.3 is 7.12 Å². The molecule has 3 aliphatic carbocycles. The molecule has 1 amide bonds. The minimum absolute atomic E-state index is 0.0985. The first-order valence-electron chi connectivity index (χ1n) is 8.86. The van der Waals surface area contributed by atoms with Gasteiger partial charge in [-0.05, 0) is 30.3 Å². The van der Waals surface area contributed by atoms with Crippen LogP contribution in [0.3, 0.4) is 0 Å². The van der Waals surface area contributed by atoms with Crippen LogP contribution in [-0.2, 0) is 11.2 Å². The number of pyridine rings is 1. The smallest absolute Gasteiger partial charge is 0.531 e.